The van der Waals surface area contributed by atoms with Crippen molar-refractivity contribution in [3.8, 4) is 5.75 Å². The molecule has 0 radical (unpaired) electrons. The van der Waals surface area contributed by atoms with Crippen LogP contribution in [0.15, 0.2) is 18.2 Å². The Labute approximate surface area is 112 Å². The lowest BCUT2D eigenvalue weighted by Crippen LogP contribution is -2.23. The van der Waals surface area contributed by atoms with E-state index in [1.54, 1.807) is 0 Å². The highest BCUT2D eigenvalue weighted by molar-refractivity contribution is 6.37. The van der Waals surface area contributed by atoms with Crippen LogP contribution in [0.2, 0.25) is 0 Å². The Bertz CT molecular complexity index is 582. The third kappa shape index (κ3) is 3.70. The lowest BCUT2D eigenvalue weighted by atomic mass is 10.2. The molecule has 0 aliphatic rings. The number of ether oxygens (including phenoxy) is 1. The van der Waals surface area contributed by atoms with Gasteiger partial charge in [0, 0.05) is 5.69 Å². The third-order valence-electron chi connectivity index (χ3n) is 2.09. The van der Waals surface area contributed by atoms with Gasteiger partial charge < -0.3 is 25.6 Å². The number of benzene rings is 1. The van der Waals surface area contributed by atoms with Gasteiger partial charge in [-0.3, -0.25) is 9.59 Å². The lowest BCUT2D eigenvalue weighted by molar-refractivity contribution is -0.147. The Balaban J connectivity index is 3.02. The molecular weight excluding hydrogens is 272 g/mol. The first-order chi connectivity index (χ1) is 9.35. The van der Waals surface area contributed by atoms with E-state index in [1.807, 2.05) is 10.6 Å². The highest BCUT2D eigenvalue weighted by atomic mass is 16.5. The van der Waals surface area contributed by atoms with E-state index in [1.165, 1.54) is 25.3 Å². The molecule has 9 heteroatoms. The number of amides is 2. The zero-order chi connectivity index (χ0) is 15.3. The number of carbonyl (C=O) groups excluding carboxylic acids is 2. The maximum Gasteiger partial charge on any atom is 0.394 e. The average molecular weight is 282 g/mol. The number of hydrogen-bond donors (Lipinski definition) is 4. The number of hydrogen-bond acceptors (Lipinski definition) is 5. The average Bonchev–Trinajstić information content (AvgIpc) is 2.38. The summed E-state index contributed by atoms with van der Waals surface area (Å²) in [6, 6.07) is 3.82. The van der Waals surface area contributed by atoms with E-state index in [4.69, 9.17) is 14.9 Å². The summed E-state index contributed by atoms with van der Waals surface area (Å²) < 4.78 is 4.90. The van der Waals surface area contributed by atoms with Crippen molar-refractivity contribution < 1.29 is 34.1 Å². The van der Waals surface area contributed by atoms with Gasteiger partial charge in [0.2, 0.25) is 0 Å². The molecule has 4 N–H and O–H groups in total. The van der Waals surface area contributed by atoms with Gasteiger partial charge in [0.05, 0.1) is 12.8 Å². The summed E-state index contributed by atoms with van der Waals surface area (Å²) in [5.41, 5.74) is 0.0296. The number of aliphatic carboxylic acids is 2. The molecule has 106 valence electrons. The highest BCUT2D eigenvalue weighted by Gasteiger charge is 2.16. The molecule has 0 atom stereocenters. The number of carboxylic acid groups (broad SMARTS) is 2. The Morgan fingerprint density at radius 3 is 2.05 bits per heavy atom. The largest absolute Gasteiger partial charge is 0.495 e. The number of nitrogens with one attached hydrogen (secondary N) is 2. The molecule has 0 spiro atoms. The molecule has 0 aliphatic carbocycles. The van der Waals surface area contributed by atoms with E-state index >= 15 is 0 Å². The van der Waals surface area contributed by atoms with E-state index in [-0.39, 0.29) is 17.1 Å². The second-order valence-corrected chi connectivity index (χ2v) is 3.43. The zero-order valence-electron chi connectivity index (χ0n) is 10.2. The first kappa shape index (κ1) is 15.0. The van der Waals surface area contributed by atoms with E-state index in [0.717, 1.165) is 0 Å². The molecule has 0 unspecified atom stereocenters. The van der Waals surface area contributed by atoms with E-state index in [2.05, 4.69) is 0 Å². The Morgan fingerprint density at radius 2 is 1.55 bits per heavy atom. The molecule has 20 heavy (non-hydrogen) atoms. The summed E-state index contributed by atoms with van der Waals surface area (Å²) in [5.74, 6) is -5.81. The van der Waals surface area contributed by atoms with Crippen LogP contribution < -0.4 is 15.4 Å². The molecular formula is C11H10N2O7. The minimum Gasteiger partial charge on any atom is -0.495 e. The zero-order valence-corrected chi connectivity index (χ0v) is 10.2. The van der Waals surface area contributed by atoms with Crippen LogP contribution in [0.5, 0.6) is 5.75 Å². The molecule has 9 nitrogen and oxygen atoms in total. The van der Waals surface area contributed by atoms with Crippen molar-refractivity contribution in [3.05, 3.63) is 18.2 Å². The fraction of sp³-hybridized carbons (Fsp3) is 0.0909. The van der Waals surface area contributed by atoms with Crippen LogP contribution in [0.25, 0.3) is 0 Å². The van der Waals surface area contributed by atoms with Gasteiger partial charge in [0.1, 0.15) is 5.75 Å². The van der Waals surface area contributed by atoms with Crippen molar-refractivity contribution >= 4 is 35.1 Å². The summed E-state index contributed by atoms with van der Waals surface area (Å²) in [6.45, 7) is 0. The monoisotopic (exact) mass is 282 g/mol. The number of rotatable bonds is 3. The van der Waals surface area contributed by atoms with Crippen LogP contribution in [0.3, 0.4) is 0 Å². The van der Waals surface area contributed by atoms with E-state index < -0.39 is 23.8 Å². The predicted octanol–water partition coefficient (Wildman–Crippen LogP) is -0.259. The van der Waals surface area contributed by atoms with Crippen molar-refractivity contribution in [2.24, 2.45) is 0 Å². The molecule has 1 aromatic carbocycles. The van der Waals surface area contributed by atoms with E-state index in [9.17, 15) is 19.2 Å². The van der Waals surface area contributed by atoms with Crippen LogP contribution in [-0.4, -0.2) is 41.1 Å². The summed E-state index contributed by atoms with van der Waals surface area (Å²) in [7, 11) is 1.29. The van der Waals surface area contributed by atoms with Gasteiger partial charge >= 0.3 is 23.8 Å². The molecule has 1 aromatic rings. The Morgan fingerprint density at radius 1 is 1.00 bits per heavy atom. The quantitative estimate of drug-likeness (QED) is 0.559. The summed E-state index contributed by atoms with van der Waals surface area (Å²) in [4.78, 5) is 42.9. The lowest BCUT2D eigenvalue weighted by Gasteiger charge is -2.11. The Kier molecular flexibility index (Phi) is 4.62. The van der Waals surface area contributed by atoms with Gasteiger partial charge in [0.25, 0.3) is 0 Å². The van der Waals surface area contributed by atoms with Gasteiger partial charge in [-0.15, -0.1) is 0 Å². The standard InChI is InChI=1S/C11H10N2O7/c1-20-7-3-2-5(12-8(14)10(16)17)4-6(7)13-9(15)11(18)19/h2-4H,1H3,(H,12,14)(H,13,15)(H,16,17)(H,18,19). The van der Waals surface area contributed by atoms with Crippen LogP contribution in [0.1, 0.15) is 0 Å². The first-order valence-electron chi connectivity index (χ1n) is 5.11. The van der Waals surface area contributed by atoms with Gasteiger partial charge in [0.15, 0.2) is 0 Å². The number of carbonyl (C=O) groups is 4. The molecule has 0 fully saturated rings. The predicted molar refractivity (Wildman–Crippen MR) is 65.5 cm³/mol. The van der Waals surface area contributed by atoms with Crippen LogP contribution in [0.4, 0.5) is 11.4 Å². The normalized spacial score (nSPS) is 9.45. The first-order valence-corrected chi connectivity index (χ1v) is 5.11. The molecule has 0 aromatic heterocycles. The highest BCUT2D eigenvalue weighted by Crippen LogP contribution is 2.27. The third-order valence-corrected chi connectivity index (χ3v) is 2.09. The molecule has 2 amide bonds. The van der Waals surface area contributed by atoms with Crippen molar-refractivity contribution in [1.29, 1.82) is 0 Å². The van der Waals surface area contributed by atoms with Crippen molar-refractivity contribution in [2.75, 3.05) is 17.7 Å². The van der Waals surface area contributed by atoms with Gasteiger partial charge in [-0.25, -0.2) is 9.59 Å². The number of carboxylic acids is 2. The van der Waals surface area contributed by atoms with Gasteiger partial charge in [-0.05, 0) is 18.2 Å². The minimum atomic E-state index is -1.70. The maximum absolute atomic E-state index is 11.1. The fourth-order valence-corrected chi connectivity index (χ4v) is 1.24. The van der Waals surface area contributed by atoms with Crippen molar-refractivity contribution in [1.82, 2.24) is 0 Å². The van der Waals surface area contributed by atoms with Gasteiger partial charge in [-0.1, -0.05) is 0 Å². The molecule has 1 rings (SSSR count). The topological polar surface area (TPSA) is 142 Å². The molecule has 0 aliphatic heterocycles. The van der Waals surface area contributed by atoms with E-state index in [0.29, 0.717) is 0 Å². The summed E-state index contributed by atoms with van der Waals surface area (Å²) in [6.07, 6.45) is 0. The molecule has 0 bridgehead atoms. The molecule has 0 saturated carbocycles. The van der Waals surface area contributed by atoms with Crippen LogP contribution >= 0.6 is 0 Å². The summed E-state index contributed by atoms with van der Waals surface area (Å²) in [5, 5.41) is 21.0. The van der Waals surface area contributed by atoms with Gasteiger partial charge in [-0.2, -0.15) is 0 Å². The minimum absolute atomic E-state index is 0.0249. The smallest absolute Gasteiger partial charge is 0.394 e. The summed E-state index contributed by atoms with van der Waals surface area (Å²) >= 11 is 0. The number of methoxy groups -OCH3 is 1. The number of anilines is 2. The van der Waals surface area contributed by atoms with Crippen molar-refractivity contribution in [2.45, 2.75) is 0 Å². The van der Waals surface area contributed by atoms with Crippen LogP contribution in [-0.2, 0) is 19.2 Å². The van der Waals surface area contributed by atoms with Crippen LogP contribution in [0, 0.1) is 0 Å². The van der Waals surface area contributed by atoms with Crippen molar-refractivity contribution in [3.63, 3.8) is 0 Å². The second-order valence-electron chi connectivity index (χ2n) is 3.43. The fourth-order valence-electron chi connectivity index (χ4n) is 1.24. The second kappa shape index (κ2) is 6.18. The maximum atomic E-state index is 11.1. The SMILES string of the molecule is COc1ccc(NC(=O)C(=O)O)cc1NC(=O)C(=O)O. The molecule has 0 saturated heterocycles. The molecule has 0 heterocycles. The Hall–Kier alpha value is -3.10.